The molecule has 806 valence electrons. The van der Waals surface area contributed by atoms with Crippen LogP contribution < -0.4 is 5.32 Å². The minimum Gasteiger partial charge on any atom is -0.393 e. The van der Waals surface area contributed by atoms with Gasteiger partial charge in [0, 0.05) is 65.9 Å². The van der Waals surface area contributed by atoms with Gasteiger partial charge in [0.1, 0.15) is 25.2 Å². The van der Waals surface area contributed by atoms with Crippen molar-refractivity contribution in [3.05, 3.63) is 84.5 Å². The van der Waals surface area contributed by atoms with Gasteiger partial charge in [-0.3, -0.25) is 28.5 Å². The zero-order valence-corrected chi connectivity index (χ0v) is 91.1. The number of fused-ring (bicyclic) bond motifs is 28. The molecule has 26 rings (SSSR count). The molecule has 21 aliphatic carbocycles. The summed E-state index contributed by atoms with van der Waals surface area (Å²) in [6, 6.07) is 14.6. The molecule has 27 heteroatoms. The normalized spacial score (nSPS) is 47.6. The summed E-state index contributed by atoms with van der Waals surface area (Å²) in [7, 11) is 0. The number of carbonyl (C=O) groups is 4. The van der Waals surface area contributed by atoms with E-state index in [1.54, 1.807) is 36.4 Å². The van der Waals surface area contributed by atoms with Crippen LogP contribution in [0.3, 0.4) is 0 Å². The highest BCUT2D eigenvalue weighted by atomic mass is 32.1. The standard InChI is InChI=1S/C26H33F2N3O2.C26H37NOS.C25H35N3O3.C22H34N4O2.C22H33N3O2/c1-24(33)7-5-15-16-6-8-25(2)18(20(32)13-31-12-14(10-29)11-30-31)3-4-19(25)21(16)23-22(17(15)9-24)26(23,27)28;1-25(28)14-12-19-17(16-25)8-9-21-20(19)13-15-26(2)22(21)10-11-23(26)24(29)27-18-6-4-3-5-7-18;1-24(31)9-16-3-4-17-18(23(16)21(29)10-24)7-8-25(2)19(17)5-6-20(25)22(30)14-28-13-15(11-26)12-27-28;1-13-23-25-26(24-13)12-20(27)19-10-18-17-5-4-14-11-21(2,28)8-6-15(14)16(17)7-9-22(18,19)3;1-21(27)7-5-15-14(12-21)3-4-17-16(15)6-8-22(2)18(17)11-19(22)20(26)13-25-23-9-10-24-25/h11-12,15-19,21-23,33H,3-9,13H2,1-2H3;3-7,17,19-23,28H,8-16H2,1-2H3,(H,27,29);12-13,16-21,23,29,31H,3-10,14H2,1-2H3;14-19,28H,4-12H2,1-3H3;9-10,14-19,27H,3-8,11-13H2,1-2H3/t15-,16-,17-,18-,19+,21-,22?,23?,24-,25-;17-,19+,20-,21-,22+,23-,25-,26+;16-,17-,18+,19+,20-,21?,23+,24+,25+;2*14-,15+,16-,17-,18+,19-,21-,22+/m11111/s1. The lowest BCUT2D eigenvalue weighted by molar-refractivity contribution is -0.177. The Morgan fingerprint density at radius 3 is 1.24 bits per heavy atom. The number of alkyl halides is 2. The molecule has 21 fully saturated rings. The number of anilines is 1. The Bertz CT molecular complexity index is 5780. The van der Waals surface area contributed by atoms with Crippen LogP contribution in [0.2, 0.25) is 0 Å². The monoisotopic (exact) mass is 2050 g/mol. The molecule has 0 amide bonds. The molecule has 5 aromatic rings. The van der Waals surface area contributed by atoms with Crippen molar-refractivity contribution in [1.29, 1.82) is 10.5 Å². The average Bonchev–Trinajstić information content (AvgIpc) is 1.51. The van der Waals surface area contributed by atoms with E-state index in [1.807, 2.05) is 33.8 Å². The van der Waals surface area contributed by atoms with Crippen molar-refractivity contribution >= 4 is 46.0 Å². The van der Waals surface area contributed by atoms with Crippen molar-refractivity contribution in [2.45, 2.75) is 399 Å². The lowest BCUT2D eigenvalue weighted by Gasteiger charge is -2.65. The van der Waals surface area contributed by atoms with E-state index in [-0.39, 0.29) is 106 Å². The maximum Gasteiger partial charge on any atom is 0.255 e. The number of nitriles is 2. The number of tetrazole rings is 1. The highest BCUT2D eigenvalue weighted by molar-refractivity contribution is 7.80. The first-order chi connectivity index (χ1) is 70.3. The van der Waals surface area contributed by atoms with Gasteiger partial charge >= 0.3 is 0 Å². The predicted octanol–water partition coefficient (Wildman–Crippen LogP) is 20.9. The summed E-state index contributed by atoms with van der Waals surface area (Å²) >= 11 is 5.96. The minimum atomic E-state index is -2.63. The third kappa shape index (κ3) is 19.1. The SMILES string of the molecule is C[C@@]1(O)CC(O)[C@H]2[C@H](CC[C@@H]3[C@@H]2CC[C@]2(C)[C@@H](C(=O)Cn4cc(C#N)cn4)CC[C@@H]32)C1.C[C@@]1(O)CC[C@@H]2[C@H]3CC[C@]4(C)[C@@H](C(=O)Cn5cc(C#N)cn5)CC[C@H]4[C@@H]3C3C([C@@H]2C1)C3(F)F.C[C@@]1(O)CC[C@H]2[C@H](CC[C@@H]3[C@@H]2CC[C@]2(C)[C@@H](C(=O)Cn4nccn4)C[C@@H]32)C1.C[C@@]1(O)CC[C@H]2[C@H](CC[C@@H]3[C@@H]2CC[C@]2(C)[C@@H](C(=S)Nc4ccccc4)CC[C@@H]32)C1.Cc1nnn(CC(=O)[C@H]2C[C@H]3[C@@H]4CC[C@@H]5C[C@](C)(O)CC[C@@H]5[C@H]4CC[C@]23C)n1. The van der Waals surface area contributed by atoms with Crippen LogP contribution in [0.1, 0.15) is 343 Å². The third-order valence-corrected chi connectivity index (χ3v) is 48.6. The van der Waals surface area contributed by atoms with Crippen LogP contribution in [-0.4, -0.2) is 154 Å². The second kappa shape index (κ2) is 39.4. The number of hydrogen-bond acceptors (Lipinski definition) is 20. The van der Waals surface area contributed by atoms with Gasteiger partial charge in [-0.05, 0) is 484 Å². The Labute approximate surface area is 882 Å². The number of hydrogen-bond donors (Lipinski definition) is 7. The number of aliphatic hydroxyl groups excluding tert-OH is 1. The highest BCUT2D eigenvalue weighted by Crippen LogP contribution is 2.79. The van der Waals surface area contributed by atoms with E-state index in [2.05, 4.69) is 119 Å². The van der Waals surface area contributed by atoms with Gasteiger partial charge in [-0.15, -0.1) is 10.2 Å². The number of aliphatic hydroxyl groups is 6. The molecule has 0 bridgehead atoms. The zero-order valence-electron chi connectivity index (χ0n) is 90.3. The molecule has 4 aromatic heterocycles. The third-order valence-electron chi connectivity index (χ3n) is 48.3. The molecule has 0 aliphatic heterocycles. The van der Waals surface area contributed by atoms with E-state index in [1.165, 1.54) is 142 Å². The van der Waals surface area contributed by atoms with E-state index in [9.17, 15) is 49.8 Å². The van der Waals surface area contributed by atoms with E-state index in [0.29, 0.717) is 107 Å². The maximum atomic E-state index is 15.3. The van der Waals surface area contributed by atoms with Crippen molar-refractivity contribution in [3.8, 4) is 12.1 Å². The zero-order chi connectivity index (χ0) is 104. The van der Waals surface area contributed by atoms with Gasteiger partial charge in [-0.1, -0.05) is 65.0 Å². The van der Waals surface area contributed by atoms with Crippen LogP contribution in [0.15, 0.2) is 67.5 Å². The summed E-state index contributed by atoms with van der Waals surface area (Å²) in [6.45, 7) is 24.4. The summed E-state index contributed by atoms with van der Waals surface area (Å²) < 4.78 is 33.7. The molecule has 0 saturated heterocycles. The summed E-state index contributed by atoms with van der Waals surface area (Å²) in [5, 5.41) is 114. The number of thiocarbonyl (C=S) groups is 1. The number of nitrogens with zero attached hydrogens (tertiary/aromatic N) is 13. The molecular formula is C121H172F2N14O10S. The van der Waals surface area contributed by atoms with E-state index >= 15 is 8.78 Å². The second-order valence-electron chi connectivity index (χ2n) is 56.4. The Hall–Kier alpha value is -6.98. The van der Waals surface area contributed by atoms with Crippen LogP contribution >= 0.6 is 12.2 Å². The molecule has 43 atom stereocenters. The van der Waals surface area contributed by atoms with Crippen molar-refractivity contribution in [3.63, 3.8) is 0 Å². The molecule has 0 spiro atoms. The topological polar surface area (TPSA) is 359 Å². The van der Waals surface area contributed by atoms with Gasteiger partial charge < -0.3 is 36.0 Å². The number of ketones is 4. The van der Waals surface area contributed by atoms with Gasteiger partial charge in [-0.2, -0.15) is 40.5 Å². The molecule has 7 N–H and O–H groups in total. The molecule has 3 unspecified atom stereocenters. The van der Waals surface area contributed by atoms with E-state index < -0.39 is 51.9 Å². The van der Waals surface area contributed by atoms with Crippen molar-refractivity contribution < 1.29 is 58.6 Å². The van der Waals surface area contributed by atoms with Crippen LogP contribution in [0.4, 0.5) is 14.5 Å². The summed E-state index contributed by atoms with van der Waals surface area (Å²) in [5.74, 6) is 13.7. The van der Waals surface area contributed by atoms with Crippen molar-refractivity contribution in [2.24, 2.45) is 216 Å². The molecule has 21 saturated carbocycles. The van der Waals surface area contributed by atoms with Crippen LogP contribution in [0, 0.1) is 246 Å². The number of rotatable bonds is 14. The minimum absolute atomic E-state index is 0.000689. The van der Waals surface area contributed by atoms with Gasteiger partial charge in [0.15, 0.2) is 29.0 Å². The van der Waals surface area contributed by atoms with Crippen LogP contribution in [0.5, 0.6) is 0 Å². The predicted molar refractivity (Wildman–Crippen MR) is 560 cm³/mol. The fourth-order valence-electron chi connectivity index (χ4n) is 41.7. The fraction of sp³-hybridized carbons (Fsp3) is 0.818. The first kappa shape index (κ1) is 105. The molecule has 0 radical (unpaired) electrons. The van der Waals surface area contributed by atoms with Gasteiger partial charge in [0.25, 0.3) is 5.92 Å². The lowest BCUT2D eigenvalue weighted by Crippen LogP contribution is -2.60. The highest BCUT2D eigenvalue weighted by Gasteiger charge is 2.81. The number of halogens is 2. The molecule has 1 aromatic carbocycles. The number of nitrogens with one attached hydrogen (secondary N) is 1. The smallest absolute Gasteiger partial charge is 0.255 e. The number of para-hydroxylation sites is 1. The van der Waals surface area contributed by atoms with E-state index in [4.69, 9.17) is 22.7 Å². The van der Waals surface area contributed by atoms with Gasteiger partial charge in [0.05, 0.1) is 88.1 Å². The Balaban J connectivity index is 0.000000105. The summed E-state index contributed by atoms with van der Waals surface area (Å²) in [5.41, 5.74) is -0.270. The van der Waals surface area contributed by atoms with Gasteiger partial charge in [-0.25, -0.2) is 8.78 Å². The number of Topliss-reactive ketones (excluding diaryl/α,β-unsaturated/α-hetero) is 4. The van der Waals surface area contributed by atoms with Crippen molar-refractivity contribution in [1.82, 2.24) is 54.8 Å². The molecule has 21 aliphatic rings. The van der Waals surface area contributed by atoms with Crippen LogP contribution in [0.25, 0.3) is 0 Å². The largest absolute Gasteiger partial charge is 0.393 e. The molecule has 4 heterocycles. The average molecular weight is 2050 g/mol. The summed E-state index contributed by atoms with van der Waals surface area (Å²) in [4.78, 5) is 56.5. The molecule has 24 nitrogen and oxygen atoms in total. The Kier molecular flexibility index (Phi) is 28.1. The second-order valence-corrected chi connectivity index (χ2v) is 56.8. The quantitative estimate of drug-likeness (QED) is 0.0508. The molecular weight excluding hydrogens is 1880 g/mol. The first-order valence-corrected chi connectivity index (χ1v) is 59.3. The first-order valence-electron chi connectivity index (χ1n) is 58.9. The summed E-state index contributed by atoms with van der Waals surface area (Å²) in [6.07, 6.45) is 52.3. The van der Waals surface area contributed by atoms with Crippen LogP contribution in [-0.2, 0) is 45.4 Å². The molecule has 148 heavy (non-hydrogen) atoms. The fourth-order valence-corrected chi connectivity index (χ4v) is 42.2. The Morgan fingerprint density at radius 1 is 0.392 bits per heavy atom. The lowest BCUT2D eigenvalue weighted by atomic mass is 9.39. The van der Waals surface area contributed by atoms with E-state index in [0.717, 1.165) is 210 Å². The van der Waals surface area contributed by atoms with Gasteiger partial charge in [0.2, 0.25) is 0 Å². The Morgan fingerprint density at radius 2 is 0.770 bits per heavy atom. The number of aromatic nitrogens is 11. The van der Waals surface area contributed by atoms with Crippen molar-refractivity contribution in [2.75, 3.05) is 5.32 Å². The number of benzene rings is 1. The number of carbonyl (C=O) groups excluding carboxylic acids is 4. The maximum absolute atomic E-state index is 15.3. The number of aryl methyl sites for hydroxylation is 1.